The van der Waals surface area contributed by atoms with Gasteiger partial charge in [0.25, 0.3) is 0 Å². The van der Waals surface area contributed by atoms with Crippen molar-refractivity contribution in [3.63, 3.8) is 0 Å². The number of amides is 2. The predicted molar refractivity (Wildman–Crippen MR) is 113 cm³/mol. The van der Waals surface area contributed by atoms with Crippen LogP contribution in [0.25, 0.3) is 0 Å². The molecule has 2 fully saturated rings. The zero-order valence-corrected chi connectivity index (χ0v) is 17.7. The summed E-state index contributed by atoms with van der Waals surface area (Å²) in [6.45, 7) is 1.85. The van der Waals surface area contributed by atoms with Crippen LogP contribution in [0.15, 0.2) is 18.2 Å². The number of carbonyl (C=O) groups is 2. The van der Waals surface area contributed by atoms with Gasteiger partial charge in [-0.3, -0.25) is 15.5 Å². The normalized spacial score (nSPS) is 21.5. The van der Waals surface area contributed by atoms with Crippen LogP contribution in [0.3, 0.4) is 0 Å². The average Bonchev–Trinajstić information content (AvgIpc) is 2.77. The number of nitrogens with zero attached hydrogens (tertiary/aromatic N) is 2. The molecule has 0 bridgehead atoms. The zero-order chi connectivity index (χ0) is 22.4. The second-order valence-electron chi connectivity index (χ2n) is 7.90. The van der Waals surface area contributed by atoms with E-state index in [0.717, 1.165) is 25.7 Å². The highest BCUT2D eigenvalue weighted by atomic mass is 19.1. The molecule has 1 saturated carbocycles. The summed E-state index contributed by atoms with van der Waals surface area (Å²) in [5.41, 5.74) is 5.70. The Hall–Kier alpha value is -2.88. The van der Waals surface area contributed by atoms with Crippen LogP contribution in [0.1, 0.15) is 31.2 Å². The molecule has 4 N–H and O–H groups in total. The molecular weight excluding hydrogens is 405 g/mol. The Morgan fingerprint density at radius 1 is 1.26 bits per heavy atom. The summed E-state index contributed by atoms with van der Waals surface area (Å²) in [6.07, 6.45) is 2.91. The second kappa shape index (κ2) is 10.4. The van der Waals surface area contributed by atoms with Gasteiger partial charge >= 0.3 is 6.09 Å². The lowest BCUT2D eigenvalue weighted by molar-refractivity contribution is -0.138. The molecule has 0 radical (unpaired) electrons. The van der Waals surface area contributed by atoms with E-state index in [0.29, 0.717) is 31.9 Å². The van der Waals surface area contributed by atoms with Crippen molar-refractivity contribution in [2.45, 2.75) is 38.4 Å². The van der Waals surface area contributed by atoms with Crippen LogP contribution in [0.4, 0.5) is 14.9 Å². The van der Waals surface area contributed by atoms with Crippen molar-refractivity contribution < 1.29 is 23.5 Å². The summed E-state index contributed by atoms with van der Waals surface area (Å²) in [5, 5.41) is 8.98. The standard InChI is InChI=1S/C21H30FN5O4/c1-30-16-6-2-4-14(12-16)19(28)27-10-8-26(9-11-27)17-7-3-5-15(18(17)22)13-31-21(29)25-20(23)24/h3,5,7,14,16H,2,4,6,8-13H2,1H3,(H4,23,24,25,29)/t14-,16+/m1/s1. The molecule has 0 aromatic heterocycles. The maximum absolute atomic E-state index is 15.0. The van der Waals surface area contributed by atoms with Crippen LogP contribution in [-0.2, 0) is 20.9 Å². The summed E-state index contributed by atoms with van der Waals surface area (Å²) >= 11 is 0. The summed E-state index contributed by atoms with van der Waals surface area (Å²) < 4.78 is 25.3. The number of halogens is 1. The fourth-order valence-electron chi connectivity index (χ4n) is 4.22. The minimum atomic E-state index is -0.914. The van der Waals surface area contributed by atoms with Gasteiger partial charge in [-0.15, -0.1) is 0 Å². The van der Waals surface area contributed by atoms with Gasteiger partial charge in [0.2, 0.25) is 5.91 Å². The Balaban J connectivity index is 1.56. The van der Waals surface area contributed by atoms with E-state index in [1.165, 1.54) is 6.07 Å². The van der Waals surface area contributed by atoms with Crippen LogP contribution in [0.2, 0.25) is 0 Å². The molecule has 31 heavy (non-hydrogen) atoms. The largest absolute Gasteiger partial charge is 0.444 e. The van der Waals surface area contributed by atoms with E-state index in [1.54, 1.807) is 19.2 Å². The van der Waals surface area contributed by atoms with Gasteiger partial charge < -0.3 is 25.0 Å². The van der Waals surface area contributed by atoms with Gasteiger partial charge in [0.05, 0.1) is 11.8 Å². The van der Waals surface area contributed by atoms with Crippen molar-refractivity contribution in [2.24, 2.45) is 11.7 Å². The molecule has 2 amide bonds. The van der Waals surface area contributed by atoms with Crippen molar-refractivity contribution in [3.05, 3.63) is 29.6 Å². The molecule has 1 saturated heterocycles. The first-order valence-corrected chi connectivity index (χ1v) is 10.5. The molecule has 10 heteroatoms. The molecule has 1 aliphatic carbocycles. The van der Waals surface area contributed by atoms with Gasteiger partial charge in [-0.25, -0.2) is 9.18 Å². The predicted octanol–water partition coefficient (Wildman–Crippen LogP) is 1.80. The molecule has 1 heterocycles. The maximum Gasteiger partial charge on any atom is 0.414 e. The van der Waals surface area contributed by atoms with Crippen molar-refractivity contribution >= 4 is 23.6 Å². The number of ether oxygens (including phenoxy) is 2. The van der Waals surface area contributed by atoms with Gasteiger partial charge in [0.1, 0.15) is 6.61 Å². The lowest BCUT2D eigenvalue weighted by Crippen LogP contribution is -2.51. The van der Waals surface area contributed by atoms with Crippen molar-refractivity contribution in [1.29, 1.82) is 5.41 Å². The SMILES string of the molecule is CO[C@H]1CCC[C@@H](C(=O)N2CCN(c3cccc(COC(=O)NC(=N)N)c3F)CC2)C1. The number of rotatable bonds is 5. The molecule has 1 aliphatic heterocycles. The van der Waals surface area contributed by atoms with Crippen LogP contribution in [-0.4, -0.2) is 62.3 Å². The Labute approximate surface area is 181 Å². The Kier molecular flexibility index (Phi) is 7.67. The van der Waals surface area contributed by atoms with Crippen molar-refractivity contribution in [2.75, 3.05) is 38.2 Å². The molecule has 0 unspecified atom stereocenters. The highest BCUT2D eigenvalue weighted by molar-refractivity contribution is 5.90. The summed E-state index contributed by atoms with van der Waals surface area (Å²) in [4.78, 5) is 28.1. The van der Waals surface area contributed by atoms with E-state index >= 15 is 0 Å². The number of carbonyl (C=O) groups excluding carboxylic acids is 2. The first-order valence-electron chi connectivity index (χ1n) is 10.5. The lowest BCUT2D eigenvalue weighted by Gasteiger charge is -2.39. The molecule has 2 aliphatic rings. The highest BCUT2D eigenvalue weighted by Crippen LogP contribution is 2.29. The van der Waals surface area contributed by atoms with E-state index in [4.69, 9.17) is 20.6 Å². The fraction of sp³-hybridized carbons (Fsp3) is 0.571. The van der Waals surface area contributed by atoms with Gasteiger partial charge in [-0.2, -0.15) is 0 Å². The number of alkyl carbamates (subject to hydrolysis) is 1. The summed E-state index contributed by atoms with van der Waals surface area (Å²) in [5.74, 6) is -0.838. The number of piperazine rings is 1. The third kappa shape index (κ3) is 5.84. The highest BCUT2D eigenvalue weighted by Gasteiger charge is 2.32. The van der Waals surface area contributed by atoms with Crippen LogP contribution in [0.5, 0.6) is 0 Å². The number of hydrogen-bond acceptors (Lipinski definition) is 6. The molecule has 2 atom stereocenters. The average molecular weight is 436 g/mol. The summed E-state index contributed by atoms with van der Waals surface area (Å²) in [7, 11) is 1.69. The monoisotopic (exact) mass is 435 g/mol. The van der Waals surface area contributed by atoms with Crippen LogP contribution >= 0.6 is 0 Å². The number of nitrogens with one attached hydrogen (secondary N) is 2. The lowest BCUT2D eigenvalue weighted by atomic mass is 9.86. The van der Waals surface area contributed by atoms with E-state index < -0.39 is 17.9 Å². The van der Waals surface area contributed by atoms with Crippen molar-refractivity contribution in [1.82, 2.24) is 10.2 Å². The number of guanidine groups is 1. The first kappa shape index (κ1) is 22.8. The first-order chi connectivity index (χ1) is 14.9. The minimum absolute atomic E-state index is 0.00334. The summed E-state index contributed by atoms with van der Waals surface area (Å²) in [6, 6.07) is 4.91. The van der Waals surface area contributed by atoms with Gasteiger partial charge in [0.15, 0.2) is 11.8 Å². The molecule has 170 valence electrons. The Morgan fingerprint density at radius 2 is 2.00 bits per heavy atom. The third-order valence-electron chi connectivity index (χ3n) is 5.89. The van der Waals surface area contributed by atoms with E-state index in [1.807, 2.05) is 15.1 Å². The number of anilines is 1. The second-order valence-corrected chi connectivity index (χ2v) is 7.90. The third-order valence-corrected chi connectivity index (χ3v) is 5.89. The number of benzene rings is 1. The topological polar surface area (TPSA) is 121 Å². The Bertz CT molecular complexity index is 813. The van der Waals surface area contributed by atoms with Crippen LogP contribution < -0.4 is 16.0 Å². The van der Waals surface area contributed by atoms with E-state index in [2.05, 4.69) is 0 Å². The number of hydrogen-bond donors (Lipinski definition) is 3. The molecule has 3 rings (SSSR count). The maximum atomic E-state index is 15.0. The Morgan fingerprint density at radius 3 is 2.68 bits per heavy atom. The number of nitrogens with two attached hydrogens (primary N) is 1. The molecular formula is C21H30FN5O4. The van der Waals surface area contributed by atoms with E-state index in [9.17, 15) is 14.0 Å². The van der Waals surface area contributed by atoms with Crippen LogP contribution in [0, 0.1) is 17.1 Å². The quantitative estimate of drug-likeness (QED) is 0.479. The van der Waals surface area contributed by atoms with Gasteiger partial charge in [-0.05, 0) is 25.3 Å². The smallest absolute Gasteiger partial charge is 0.414 e. The van der Waals surface area contributed by atoms with Gasteiger partial charge in [0, 0.05) is 44.8 Å². The molecule has 9 nitrogen and oxygen atoms in total. The molecule has 1 aromatic carbocycles. The number of methoxy groups -OCH3 is 1. The molecule has 0 spiro atoms. The minimum Gasteiger partial charge on any atom is -0.444 e. The van der Waals surface area contributed by atoms with Gasteiger partial charge in [-0.1, -0.05) is 18.6 Å². The van der Waals surface area contributed by atoms with E-state index in [-0.39, 0.29) is 30.1 Å². The zero-order valence-electron chi connectivity index (χ0n) is 17.7. The van der Waals surface area contributed by atoms with Crippen molar-refractivity contribution in [3.8, 4) is 0 Å². The fourth-order valence-corrected chi connectivity index (χ4v) is 4.22. The molecule has 1 aromatic rings.